The number of rotatable bonds is 8. The van der Waals surface area contributed by atoms with E-state index >= 15 is 0 Å². The van der Waals surface area contributed by atoms with Crippen LogP contribution in [-0.4, -0.2) is 29.1 Å². The lowest BCUT2D eigenvalue weighted by Gasteiger charge is -2.22. The van der Waals surface area contributed by atoms with E-state index < -0.39 is 0 Å². The summed E-state index contributed by atoms with van der Waals surface area (Å²) in [6.45, 7) is 3.01. The van der Waals surface area contributed by atoms with Gasteiger partial charge in [0.2, 0.25) is 5.91 Å². The predicted molar refractivity (Wildman–Crippen MR) is 122 cm³/mol. The summed E-state index contributed by atoms with van der Waals surface area (Å²) >= 11 is 0. The van der Waals surface area contributed by atoms with E-state index in [2.05, 4.69) is 0 Å². The highest BCUT2D eigenvalue weighted by molar-refractivity contribution is 5.94. The fourth-order valence-corrected chi connectivity index (χ4v) is 3.56. The Labute approximate surface area is 181 Å². The lowest BCUT2D eigenvalue weighted by atomic mass is 10.2. The zero-order chi connectivity index (χ0) is 21.6. The van der Waals surface area contributed by atoms with E-state index in [0.29, 0.717) is 18.1 Å². The first-order valence-corrected chi connectivity index (χ1v) is 10.3. The van der Waals surface area contributed by atoms with Gasteiger partial charge in [0, 0.05) is 12.2 Å². The molecule has 0 atom stereocenters. The maximum atomic E-state index is 13.2. The summed E-state index contributed by atoms with van der Waals surface area (Å²) in [5.74, 6) is 2.19. The van der Waals surface area contributed by atoms with Gasteiger partial charge in [-0.3, -0.25) is 4.79 Å². The molecule has 0 aliphatic carbocycles. The molecule has 0 aliphatic rings. The number of aromatic nitrogens is 2. The van der Waals surface area contributed by atoms with Crippen molar-refractivity contribution in [2.75, 3.05) is 18.6 Å². The van der Waals surface area contributed by atoms with Crippen molar-refractivity contribution in [1.29, 1.82) is 0 Å². The van der Waals surface area contributed by atoms with Gasteiger partial charge in [0.1, 0.15) is 30.5 Å². The number of hydrogen-bond acceptors (Lipinski definition) is 4. The fraction of sp³-hybridized carbons (Fsp3) is 0.200. The van der Waals surface area contributed by atoms with Crippen LogP contribution in [0.1, 0.15) is 12.7 Å². The Morgan fingerprint density at radius 1 is 0.935 bits per heavy atom. The number of hydrogen-bond donors (Lipinski definition) is 0. The summed E-state index contributed by atoms with van der Waals surface area (Å²) in [5.41, 5.74) is 2.63. The summed E-state index contributed by atoms with van der Waals surface area (Å²) in [6, 6.07) is 24.9. The van der Waals surface area contributed by atoms with Gasteiger partial charge < -0.3 is 18.9 Å². The fourth-order valence-electron chi connectivity index (χ4n) is 3.56. The zero-order valence-corrected chi connectivity index (χ0v) is 17.7. The van der Waals surface area contributed by atoms with Crippen LogP contribution in [0.3, 0.4) is 0 Å². The standard InChI is InChI=1S/C25H25N3O3/c1-3-27(19-9-5-4-6-10-19)25(29)17-28-23-12-8-7-11-22(23)26-24(28)18-31-21-15-13-20(30-2)14-16-21/h4-16H,3,17-18H2,1-2H3. The molecule has 6 heteroatoms. The molecule has 0 aliphatic heterocycles. The number of benzene rings is 3. The van der Waals surface area contributed by atoms with Gasteiger partial charge in [-0.05, 0) is 55.5 Å². The number of fused-ring (bicyclic) bond motifs is 1. The van der Waals surface area contributed by atoms with Crippen molar-refractivity contribution in [2.45, 2.75) is 20.1 Å². The molecule has 0 radical (unpaired) electrons. The number of amides is 1. The lowest BCUT2D eigenvalue weighted by molar-refractivity contribution is -0.119. The van der Waals surface area contributed by atoms with Crippen LogP contribution in [0, 0.1) is 0 Å². The van der Waals surface area contributed by atoms with E-state index in [0.717, 1.165) is 22.5 Å². The van der Waals surface area contributed by atoms with Crippen molar-refractivity contribution in [3.8, 4) is 11.5 Å². The molecule has 4 aromatic rings. The van der Waals surface area contributed by atoms with Crippen molar-refractivity contribution in [2.24, 2.45) is 0 Å². The third-order valence-electron chi connectivity index (χ3n) is 5.14. The number of para-hydroxylation sites is 3. The lowest BCUT2D eigenvalue weighted by Crippen LogP contribution is -2.34. The molecule has 1 aromatic heterocycles. The maximum absolute atomic E-state index is 13.2. The molecule has 1 heterocycles. The number of likely N-dealkylation sites (N-methyl/N-ethyl adjacent to an activating group) is 1. The number of carbonyl (C=O) groups is 1. The molecule has 1 amide bonds. The Kier molecular flexibility index (Phi) is 6.17. The molecule has 0 saturated carbocycles. The molecule has 0 saturated heterocycles. The number of anilines is 1. The number of imidazole rings is 1. The SMILES string of the molecule is CCN(C(=O)Cn1c(COc2ccc(OC)cc2)nc2ccccc21)c1ccccc1. The topological polar surface area (TPSA) is 56.6 Å². The average Bonchev–Trinajstić information content (AvgIpc) is 3.16. The maximum Gasteiger partial charge on any atom is 0.246 e. The molecule has 158 valence electrons. The van der Waals surface area contributed by atoms with Crippen LogP contribution in [0.25, 0.3) is 11.0 Å². The molecule has 6 nitrogen and oxygen atoms in total. The van der Waals surface area contributed by atoms with Gasteiger partial charge in [-0.25, -0.2) is 4.98 Å². The zero-order valence-electron chi connectivity index (χ0n) is 17.7. The van der Waals surface area contributed by atoms with Crippen molar-refractivity contribution in [1.82, 2.24) is 9.55 Å². The smallest absolute Gasteiger partial charge is 0.246 e. The van der Waals surface area contributed by atoms with Gasteiger partial charge in [0.15, 0.2) is 0 Å². The Balaban J connectivity index is 1.59. The normalized spacial score (nSPS) is 10.8. The van der Waals surface area contributed by atoms with Gasteiger partial charge in [-0.1, -0.05) is 30.3 Å². The molecule has 0 bridgehead atoms. The Morgan fingerprint density at radius 3 is 2.32 bits per heavy atom. The highest BCUT2D eigenvalue weighted by atomic mass is 16.5. The predicted octanol–water partition coefficient (Wildman–Crippen LogP) is 4.68. The van der Waals surface area contributed by atoms with Crippen LogP contribution in [0.2, 0.25) is 0 Å². The monoisotopic (exact) mass is 415 g/mol. The van der Waals surface area contributed by atoms with E-state index in [1.54, 1.807) is 12.0 Å². The Morgan fingerprint density at radius 2 is 1.61 bits per heavy atom. The van der Waals surface area contributed by atoms with Gasteiger partial charge in [-0.2, -0.15) is 0 Å². The molecule has 0 spiro atoms. The number of methoxy groups -OCH3 is 1. The molecule has 31 heavy (non-hydrogen) atoms. The van der Waals surface area contributed by atoms with E-state index in [1.807, 2.05) is 90.4 Å². The van der Waals surface area contributed by atoms with Crippen LogP contribution in [0.5, 0.6) is 11.5 Å². The van der Waals surface area contributed by atoms with Gasteiger partial charge in [0.25, 0.3) is 0 Å². The molecule has 0 unspecified atom stereocenters. The first-order chi connectivity index (χ1) is 15.2. The Bertz CT molecular complexity index is 1150. The van der Waals surface area contributed by atoms with Gasteiger partial charge in [0.05, 0.1) is 18.1 Å². The summed E-state index contributed by atoms with van der Waals surface area (Å²) in [7, 11) is 1.63. The minimum atomic E-state index is 0.00236. The van der Waals surface area contributed by atoms with E-state index in [4.69, 9.17) is 14.5 Å². The minimum absolute atomic E-state index is 0.00236. The quantitative estimate of drug-likeness (QED) is 0.419. The molecule has 0 fully saturated rings. The second-order valence-electron chi connectivity index (χ2n) is 7.04. The Hall–Kier alpha value is -3.80. The van der Waals surface area contributed by atoms with Crippen LogP contribution < -0.4 is 14.4 Å². The third kappa shape index (κ3) is 4.53. The van der Waals surface area contributed by atoms with Crippen LogP contribution >= 0.6 is 0 Å². The molecule has 4 rings (SSSR count). The van der Waals surface area contributed by atoms with E-state index in [9.17, 15) is 4.79 Å². The minimum Gasteiger partial charge on any atom is -0.497 e. The summed E-state index contributed by atoms with van der Waals surface area (Å²) in [6.07, 6.45) is 0. The largest absolute Gasteiger partial charge is 0.497 e. The number of ether oxygens (including phenoxy) is 2. The van der Waals surface area contributed by atoms with Crippen molar-refractivity contribution in [3.05, 3.63) is 84.7 Å². The summed E-state index contributed by atoms with van der Waals surface area (Å²) in [5, 5.41) is 0. The van der Waals surface area contributed by atoms with Crippen molar-refractivity contribution in [3.63, 3.8) is 0 Å². The number of nitrogens with zero attached hydrogens (tertiary/aromatic N) is 3. The first-order valence-electron chi connectivity index (χ1n) is 10.3. The van der Waals surface area contributed by atoms with Crippen molar-refractivity contribution >= 4 is 22.6 Å². The molecular formula is C25H25N3O3. The number of carbonyl (C=O) groups excluding carboxylic acids is 1. The highest BCUT2D eigenvalue weighted by Crippen LogP contribution is 2.21. The average molecular weight is 415 g/mol. The highest BCUT2D eigenvalue weighted by Gasteiger charge is 2.19. The van der Waals surface area contributed by atoms with Crippen LogP contribution in [0.4, 0.5) is 5.69 Å². The molecule has 0 N–H and O–H groups in total. The van der Waals surface area contributed by atoms with Gasteiger partial charge >= 0.3 is 0 Å². The second-order valence-corrected chi connectivity index (χ2v) is 7.04. The molecule has 3 aromatic carbocycles. The summed E-state index contributed by atoms with van der Waals surface area (Å²) < 4.78 is 13.1. The van der Waals surface area contributed by atoms with Crippen molar-refractivity contribution < 1.29 is 14.3 Å². The van der Waals surface area contributed by atoms with Crippen LogP contribution in [0.15, 0.2) is 78.9 Å². The third-order valence-corrected chi connectivity index (χ3v) is 5.14. The summed E-state index contributed by atoms with van der Waals surface area (Å²) in [4.78, 5) is 19.7. The van der Waals surface area contributed by atoms with Crippen LogP contribution in [-0.2, 0) is 17.9 Å². The van der Waals surface area contributed by atoms with E-state index in [-0.39, 0.29) is 19.1 Å². The molecular weight excluding hydrogens is 390 g/mol. The van der Waals surface area contributed by atoms with E-state index in [1.165, 1.54) is 0 Å². The first kappa shape index (κ1) is 20.5. The van der Waals surface area contributed by atoms with Gasteiger partial charge in [-0.15, -0.1) is 0 Å². The second kappa shape index (κ2) is 9.34.